The van der Waals surface area contributed by atoms with Gasteiger partial charge in [-0.25, -0.2) is 4.98 Å². The summed E-state index contributed by atoms with van der Waals surface area (Å²) in [4.78, 5) is 50.1. The lowest BCUT2D eigenvalue weighted by molar-refractivity contribution is -0.122. The van der Waals surface area contributed by atoms with Crippen LogP contribution < -0.4 is 20.9 Å². The molecule has 47 heavy (non-hydrogen) atoms. The number of thiazole rings is 1. The Balaban J connectivity index is 1.07. The van der Waals surface area contributed by atoms with Crippen LogP contribution in [0.1, 0.15) is 40.4 Å². The van der Waals surface area contributed by atoms with E-state index in [0.717, 1.165) is 80.1 Å². The number of anilines is 2. The lowest BCUT2D eigenvalue weighted by Gasteiger charge is -2.35. The maximum absolute atomic E-state index is 13.8. The number of hydrogen-bond acceptors (Lipinski definition) is 8. The van der Waals surface area contributed by atoms with Crippen LogP contribution in [0.3, 0.4) is 0 Å². The van der Waals surface area contributed by atoms with Gasteiger partial charge >= 0.3 is 0 Å². The predicted octanol–water partition coefficient (Wildman–Crippen LogP) is 4.38. The van der Waals surface area contributed by atoms with Gasteiger partial charge in [0.1, 0.15) is 6.04 Å². The first-order valence-electron chi connectivity index (χ1n) is 16.2. The van der Waals surface area contributed by atoms with Crippen molar-refractivity contribution in [3.05, 3.63) is 101 Å². The van der Waals surface area contributed by atoms with E-state index in [1.807, 2.05) is 55.6 Å². The van der Waals surface area contributed by atoms with Crippen molar-refractivity contribution in [3.63, 3.8) is 0 Å². The second kappa shape index (κ2) is 15.3. The van der Waals surface area contributed by atoms with Crippen LogP contribution >= 0.6 is 11.3 Å². The fraction of sp³-hybridized carbons (Fsp3) is 0.333. The van der Waals surface area contributed by atoms with Crippen LogP contribution in [-0.2, 0) is 16.1 Å². The van der Waals surface area contributed by atoms with Crippen molar-refractivity contribution in [1.82, 2.24) is 25.4 Å². The molecule has 2 aliphatic heterocycles. The van der Waals surface area contributed by atoms with E-state index in [9.17, 15) is 14.4 Å². The van der Waals surface area contributed by atoms with Crippen LogP contribution in [-0.4, -0.2) is 85.4 Å². The van der Waals surface area contributed by atoms with E-state index in [-0.39, 0.29) is 17.7 Å². The zero-order valence-corrected chi connectivity index (χ0v) is 27.5. The summed E-state index contributed by atoms with van der Waals surface area (Å²) in [6.07, 6.45) is 3.68. The Bertz CT molecular complexity index is 1660. The quantitative estimate of drug-likeness (QED) is 0.184. The molecule has 3 amide bonds. The van der Waals surface area contributed by atoms with Gasteiger partial charge in [0.05, 0.1) is 6.54 Å². The van der Waals surface area contributed by atoms with Crippen LogP contribution in [0.25, 0.3) is 11.1 Å². The molecule has 0 bridgehead atoms. The van der Waals surface area contributed by atoms with E-state index >= 15 is 0 Å². The van der Waals surface area contributed by atoms with Gasteiger partial charge in [-0.15, -0.1) is 11.3 Å². The number of benzene rings is 3. The standard InChI is InChI=1S/C36H41N7O3S/c1-37-15-5-6-16-38-32(44)25-41-18-20-42(21-19-41)30-13-11-26(12-14-30)28-9-10-29-24-43(35(46)31(29)23-28)33(27-7-3-2-4-8-27)34(45)40-36-39-17-22-47-36/h2-4,7-14,17,22-23,33,37H,5-6,15-16,18-21,24-25H2,1H3,(H,38,44)(H,39,40,45). The minimum atomic E-state index is -0.786. The summed E-state index contributed by atoms with van der Waals surface area (Å²) in [6.45, 7) is 5.87. The van der Waals surface area contributed by atoms with Gasteiger partial charge in [0, 0.05) is 62.1 Å². The van der Waals surface area contributed by atoms with E-state index in [4.69, 9.17) is 0 Å². The van der Waals surface area contributed by atoms with Gasteiger partial charge in [0.15, 0.2) is 5.13 Å². The predicted molar refractivity (Wildman–Crippen MR) is 187 cm³/mol. The monoisotopic (exact) mass is 651 g/mol. The number of nitrogens with zero attached hydrogens (tertiary/aromatic N) is 4. The average molecular weight is 652 g/mol. The third kappa shape index (κ3) is 7.87. The Kier molecular flexibility index (Phi) is 10.6. The zero-order chi connectivity index (χ0) is 32.6. The number of aromatic nitrogens is 1. The van der Waals surface area contributed by atoms with Gasteiger partial charge in [-0.1, -0.05) is 54.6 Å². The van der Waals surface area contributed by atoms with E-state index in [2.05, 4.69) is 55.0 Å². The van der Waals surface area contributed by atoms with Crippen molar-refractivity contribution in [2.75, 3.05) is 63.1 Å². The Morgan fingerprint density at radius 1 is 0.915 bits per heavy atom. The second-order valence-corrected chi connectivity index (χ2v) is 12.8. The number of hydrogen-bond donors (Lipinski definition) is 3. The number of amides is 3. The van der Waals surface area contributed by atoms with E-state index in [1.165, 1.54) is 11.3 Å². The Labute approximate surface area is 279 Å². The summed E-state index contributed by atoms with van der Waals surface area (Å²) in [5.41, 5.74) is 5.39. The molecule has 3 aromatic carbocycles. The van der Waals surface area contributed by atoms with Crippen molar-refractivity contribution < 1.29 is 14.4 Å². The van der Waals surface area contributed by atoms with Crippen molar-refractivity contribution in [1.29, 1.82) is 0 Å². The number of unbranched alkanes of at least 4 members (excludes halogenated alkanes) is 1. The molecule has 1 saturated heterocycles. The highest BCUT2D eigenvalue weighted by molar-refractivity contribution is 7.13. The van der Waals surface area contributed by atoms with E-state index in [0.29, 0.717) is 23.8 Å². The van der Waals surface area contributed by atoms with Crippen LogP contribution in [0.15, 0.2) is 84.4 Å². The number of nitrogens with one attached hydrogen (secondary N) is 3. The molecule has 0 saturated carbocycles. The highest BCUT2D eigenvalue weighted by atomic mass is 32.1. The molecular weight excluding hydrogens is 611 g/mol. The number of carbonyl (C=O) groups excluding carboxylic acids is 3. The number of carbonyl (C=O) groups is 3. The molecule has 4 aromatic rings. The number of piperazine rings is 1. The van der Waals surface area contributed by atoms with Crippen molar-refractivity contribution >= 4 is 39.9 Å². The maximum Gasteiger partial charge on any atom is 0.255 e. The van der Waals surface area contributed by atoms with Crippen molar-refractivity contribution in [2.45, 2.75) is 25.4 Å². The van der Waals surface area contributed by atoms with Gasteiger partial charge in [-0.3, -0.25) is 24.6 Å². The minimum absolute atomic E-state index is 0.0951. The zero-order valence-electron chi connectivity index (χ0n) is 26.7. The molecule has 0 aliphatic carbocycles. The fourth-order valence-corrected chi connectivity index (χ4v) is 6.75. The van der Waals surface area contributed by atoms with E-state index in [1.54, 1.807) is 16.5 Å². The van der Waals surface area contributed by atoms with Gasteiger partial charge in [0.2, 0.25) is 5.91 Å². The molecule has 244 valence electrons. The first-order valence-corrected chi connectivity index (χ1v) is 17.1. The molecule has 10 nitrogen and oxygen atoms in total. The molecule has 1 fully saturated rings. The molecule has 6 rings (SSSR count). The first kappa shape index (κ1) is 32.4. The molecule has 0 radical (unpaired) electrons. The topological polar surface area (TPSA) is 110 Å². The molecule has 2 aliphatic rings. The summed E-state index contributed by atoms with van der Waals surface area (Å²) in [6, 6.07) is 23.0. The van der Waals surface area contributed by atoms with Crippen LogP contribution in [0.5, 0.6) is 0 Å². The first-order chi connectivity index (χ1) is 23.0. The van der Waals surface area contributed by atoms with Gasteiger partial charge in [-0.2, -0.15) is 0 Å². The summed E-state index contributed by atoms with van der Waals surface area (Å²) < 4.78 is 0. The summed E-state index contributed by atoms with van der Waals surface area (Å²) in [7, 11) is 1.94. The van der Waals surface area contributed by atoms with Gasteiger partial charge < -0.3 is 20.4 Å². The summed E-state index contributed by atoms with van der Waals surface area (Å²) >= 11 is 1.34. The highest BCUT2D eigenvalue weighted by Gasteiger charge is 2.38. The lowest BCUT2D eigenvalue weighted by atomic mass is 10.00. The second-order valence-electron chi connectivity index (χ2n) is 11.9. The van der Waals surface area contributed by atoms with Crippen molar-refractivity contribution in [2.24, 2.45) is 0 Å². The molecular formula is C36H41N7O3S. The maximum atomic E-state index is 13.8. The highest BCUT2D eigenvalue weighted by Crippen LogP contribution is 2.35. The largest absolute Gasteiger partial charge is 0.369 e. The fourth-order valence-electron chi connectivity index (χ4n) is 6.22. The Hall–Kier alpha value is -4.58. The minimum Gasteiger partial charge on any atom is -0.369 e. The van der Waals surface area contributed by atoms with Crippen LogP contribution in [0.4, 0.5) is 10.8 Å². The molecule has 0 spiro atoms. The third-order valence-electron chi connectivity index (χ3n) is 8.76. The molecule has 1 unspecified atom stereocenters. The smallest absolute Gasteiger partial charge is 0.255 e. The summed E-state index contributed by atoms with van der Waals surface area (Å²) in [5.74, 6) is -0.359. The van der Waals surface area contributed by atoms with Crippen LogP contribution in [0, 0.1) is 0 Å². The van der Waals surface area contributed by atoms with Gasteiger partial charge in [0.25, 0.3) is 11.8 Å². The third-order valence-corrected chi connectivity index (χ3v) is 9.45. The van der Waals surface area contributed by atoms with Crippen LogP contribution in [0.2, 0.25) is 0 Å². The molecule has 3 heterocycles. The number of fused-ring (bicyclic) bond motifs is 1. The molecule has 3 N–H and O–H groups in total. The molecule has 1 atom stereocenters. The lowest BCUT2D eigenvalue weighted by Crippen LogP contribution is -2.49. The van der Waals surface area contributed by atoms with E-state index < -0.39 is 6.04 Å². The Morgan fingerprint density at radius 3 is 2.38 bits per heavy atom. The normalized spacial score (nSPS) is 15.4. The Morgan fingerprint density at radius 2 is 1.66 bits per heavy atom. The SMILES string of the molecule is CNCCCCNC(=O)CN1CCN(c2ccc(-c3ccc4c(c3)C(=O)N(C(C(=O)Nc3nccs3)c3ccccc3)C4)cc2)CC1. The number of rotatable bonds is 13. The average Bonchev–Trinajstić information content (AvgIpc) is 3.73. The summed E-state index contributed by atoms with van der Waals surface area (Å²) in [5, 5.41) is 11.4. The molecule has 1 aromatic heterocycles. The van der Waals surface area contributed by atoms with Gasteiger partial charge in [-0.05, 0) is 66.9 Å². The van der Waals surface area contributed by atoms with Crippen molar-refractivity contribution in [3.8, 4) is 11.1 Å². The molecule has 11 heteroatoms.